The first-order chi connectivity index (χ1) is 12.8. The maximum atomic E-state index is 12.4. The van der Waals surface area contributed by atoms with Crippen molar-refractivity contribution in [1.29, 1.82) is 0 Å². The number of aromatic nitrogens is 1. The Labute approximate surface area is 158 Å². The van der Waals surface area contributed by atoms with Crippen LogP contribution in [0.2, 0.25) is 0 Å². The van der Waals surface area contributed by atoms with Crippen LogP contribution in [0, 0.1) is 20.8 Å². The van der Waals surface area contributed by atoms with Crippen molar-refractivity contribution >= 4 is 11.6 Å². The molecule has 0 aliphatic heterocycles. The highest BCUT2D eigenvalue weighted by Gasteiger charge is 2.17. The van der Waals surface area contributed by atoms with Crippen molar-refractivity contribution in [2.45, 2.75) is 47.1 Å². The minimum absolute atomic E-state index is 0.210. The second kappa shape index (κ2) is 7.70. The molecule has 0 aliphatic rings. The molecule has 0 saturated heterocycles. The number of ether oxygens (including phenoxy) is 1. The molecule has 0 saturated carbocycles. The van der Waals surface area contributed by atoms with Gasteiger partial charge in [-0.2, -0.15) is 0 Å². The number of furan rings is 1. The van der Waals surface area contributed by atoms with Crippen LogP contribution in [0.1, 0.15) is 58.7 Å². The molecule has 3 aromatic rings. The summed E-state index contributed by atoms with van der Waals surface area (Å²) in [7, 11) is 0. The minimum atomic E-state index is -0.353. The van der Waals surface area contributed by atoms with Crippen molar-refractivity contribution in [2.75, 3.05) is 5.32 Å². The van der Waals surface area contributed by atoms with Gasteiger partial charge >= 0.3 is 0 Å². The summed E-state index contributed by atoms with van der Waals surface area (Å²) in [5.74, 6) is 2.18. The van der Waals surface area contributed by atoms with E-state index < -0.39 is 0 Å². The van der Waals surface area contributed by atoms with Gasteiger partial charge < -0.3 is 19.0 Å². The van der Waals surface area contributed by atoms with E-state index in [1.807, 2.05) is 13.0 Å². The molecule has 1 N–H and O–H groups in total. The van der Waals surface area contributed by atoms with Gasteiger partial charge in [0.2, 0.25) is 0 Å². The number of hydrogen-bond donors (Lipinski definition) is 1. The van der Waals surface area contributed by atoms with Crippen LogP contribution >= 0.6 is 0 Å². The number of carbonyl (C=O) groups is 1. The molecular weight excluding hydrogens is 344 g/mol. The summed E-state index contributed by atoms with van der Waals surface area (Å²) in [4.78, 5) is 12.4. The lowest BCUT2D eigenvalue weighted by Crippen LogP contribution is -2.12. The van der Waals surface area contributed by atoms with Crippen LogP contribution in [0.15, 0.2) is 39.3 Å². The molecule has 0 bridgehead atoms. The number of nitrogens with one attached hydrogen (secondary N) is 1. The van der Waals surface area contributed by atoms with Crippen LogP contribution in [0.4, 0.5) is 5.69 Å². The van der Waals surface area contributed by atoms with Crippen molar-refractivity contribution < 1.29 is 18.5 Å². The molecule has 0 spiro atoms. The lowest BCUT2D eigenvalue weighted by molar-refractivity contribution is 0.0992. The third-order valence-electron chi connectivity index (χ3n) is 4.32. The van der Waals surface area contributed by atoms with E-state index >= 15 is 0 Å². The monoisotopic (exact) mass is 368 g/mol. The largest absolute Gasteiger partial charge is 0.485 e. The van der Waals surface area contributed by atoms with Crippen molar-refractivity contribution in [3.8, 4) is 5.75 Å². The maximum Gasteiger partial charge on any atom is 0.291 e. The summed E-state index contributed by atoms with van der Waals surface area (Å²) in [5, 5.41) is 6.58. The van der Waals surface area contributed by atoms with Gasteiger partial charge in [0, 0.05) is 0 Å². The van der Waals surface area contributed by atoms with Gasteiger partial charge in [0.15, 0.2) is 11.5 Å². The summed E-state index contributed by atoms with van der Waals surface area (Å²) in [6.45, 7) is 10.0. The Morgan fingerprint density at radius 1 is 1.19 bits per heavy atom. The number of benzene rings is 1. The van der Waals surface area contributed by atoms with Gasteiger partial charge in [-0.05, 0) is 56.0 Å². The standard InChI is InChI=1S/C21H24N2O4/c1-12(2)17-8-6-13(3)10-19(17)25-11-16-7-9-18(26-16)21(24)22-20-14(4)23-27-15(20)5/h6-10,12H,11H2,1-5H3,(H,22,24). The summed E-state index contributed by atoms with van der Waals surface area (Å²) >= 11 is 0. The summed E-state index contributed by atoms with van der Waals surface area (Å²) in [6.07, 6.45) is 0. The molecule has 2 aromatic heterocycles. The summed E-state index contributed by atoms with van der Waals surface area (Å²) in [6, 6.07) is 9.55. The van der Waals surface area contributed by atoms with E-state index in [1.165, 1.54) is 0 Å². The number of amides is 1. The molecule has 142 valence electrons. The zero-order chi connectivity index (χ0) is 19.6. The number of rotatable bonds is 6. The molecule has 6 heteroatoms. The molecule has 1 amide bonds. The molecule has 0 fully saturated rings. The quantitative estimate of drug-likeness (QED) is 0.651. The molecule has 0 unspecified atom stereocenters. The summed E-state index contributed by atoms with van der Waals surface area (Å²) < 4.78 is 16.6. The Morgan fingerprint density at radius 2 is 1.96 bits per heavy atom. The minimum Gasteiger partial charge on any atom is -0.485 e. The van der Waals surface area contributed by atoms with E-state index in [0.29, 0.717) is 28.8 Å². The predicted molar refractivity (Wildman–Crippen MR) is 102 cm³/mol. The van der Waals surface area contributed by atoms with Crippen LogP contribution in [0.3, 0.4) is 0 Å². The van der Waals surface area contributed by atoms with Gasteiger partial charge in [-0.25, -0.2) is 0 Å². The highest BCUT2D eigenvalue weighted by Crippen LogP contribution is 2.28. The zero-order valence-electron chi connectivity index (χ0n) is 16.3. The first-order valence-electron chi connectivity index (χ1n) is 8.91. The normalized spacial score (nSPS) is 11.0. The Kier molecular flexibility index (Phi) is 5.35. The zero-order valence-corrected chi connectivity index (χ0v) is 16.3. The number of aryl methyl sites for hydroxylation is 3. The average Bonchev–Trinajstić information content (AvgIpc) is 3.22. The molecular formula is C21H24N2O4. The number of hydrogen-bond acceptors (Lipinski definition) is 5. The van der Waals surface area contributed by atoms with Gasteiger partial charge in [-0.15, -0.1) is 0 Å². The number of carbonyl (C=O) groups excluding carboxylic acids is 1. The van der Waals surface area contributed by atoms with Crippen LogP contribution in [0.25, 0.3) is 0 Å². The van der Waals surface area contributed by atoms with Gasteiger partial charge in [-0.1, -0.05) is 31.1 Å². The molecule has 27 heavy (non-hydrogen) atoms. The smallest absolute Gasteiger partial charge is 0.291 e. The number of nitrogens with zero attached hydrogens (tertiary/aromatic N) is 1. The van der Waals surface area contributed by atoms with Crippen molar-refractivity contribution in [1.82, 2.24) is 5.16 Å². The predicted octanol–water partition coefficient (Wildman–Crippen LogP) is 5.15. The fraction of sp³-hybridized carbons (Fsp3) is 0.333. The molecule has 0 aliphatic carbocycles. The molecule has 0 radical (unpaired) electrons. The van der Waals surface area contributed by atoms with Crippen LogP contribution in [-0.4, -0.2) is 11.1 Å². The Morgan fingerprint density at radius 3 is 2.63 bits per heavy atom. The summed E-state index contributed by atoms with van der Waals surface area (Å²) in [5.41, 5.74) is 3.46. The van der Waals surface area contributed by atoms with E-state index in [9.17, 15) is 4.79 Å². The molecule has 6 nitrogen and oxygen atoms in total. The second-order valence-electron chi connectivity index (χ2n) is 6.90. The molecule has 1 aromatic carbocycles. The molecule has 2 heterocycles. The first kappa shape index (κ1) is 18.8. The van der Waals surface area contributed by atoms with Crippen molar-refractivity contribution in [2.24, 2.45) is 0 Å². The van der Waals surface area contributed by atoms with Crippen LogP contribution < -0.4 is 10.1 Å². The van der Waals surface area contributed by atoms with E-state index in [1.54, 1.807) is 26.0 Å². The van der Waals surface area contributed by atoms with Gasteiger partial charge in [0.05, 0.1) is 0 Å². The van der Waals surface area contributed by atoms with E-state index in [2.05, 4.69) is 36.5 Å². The van der Waals surface area contributed by atoms with Gasteiger partial charge in [-0.3, -0.25) is 4.79 Å². The Hall–Kier alpha value is -3.02. The molecule has 3 rings (SSSR count). The Balaban J connectivity index is 1.68. The fourth-order valence-electron chi connectivity index (χ4n) is 2.81. The van der Waals surface area contributed by atoms with Crippen molar-refractivity contribution in [3.63, 3.8) is 0 Å². The molecule has 0 atom stereocenters. The number of anilines is 1. The maximum absolute atomic E-state index is 12.4. The lowest BCUT2D eigenvalue weighted by Gasteiger charge is -2.14. The SMILES string of the molecule is Cc1ccc(C(C)C)c(OCc2ccc(C(=O)Nc3c(C)noc3C)o2)c1. The second-order valence-corrected chi connectivity index (χ2v) is 6.90. The van der Waals surface area contributed by atoms with E-state index in [-0.39, 0.29) is 18.3 Å². The third kappa shape index (κ3) is 4.22. The van der Waals surface area contributed by atoms with E-state index in [4.69, 9.17) is 13.7 Å². The van der Waals surface area contributed by atoms with Crippen LogP contribution in [0.5, 0.6) is 5.75 Å². The van der Waals surface area contributed by atoms with Gasteiger partial charge in [0.1, 0.15) is 29.5 Å². The topological polar surface area (TPSA) is 77.5 Å². The van der Waals surface area contributed by atoms with Crippen molar-refractivity contribution in [3.05, 3.63) is 64.4 Å². The van der Waals surface area contributed by atoms with Gasteiger partial charge in [0.25, 0.3) is 5.91 Å². The lowest BCUT2D eigenvalue weighted by atomic mass is 10.0. The van der Waals surface area contributed by atoms with Crippen LogP contribution in [-0.2, 0) is 6.61 Å². The fourth-order valence-corrected chi connectivity index (χ4v) is 2.81. The average molecular weight is 368 g/mol. The van der Waals surface area contributed by atoms with E-state index in [0.717, 1.165) is 16.9 Å². The highest BCUT2D eigenvalue weighted by molar-refractivity contribution is 6.02. The first-order valence-corrected chi connectivity index (χ1v) is 8.91. The third-order valence-corrected chi connectivity index (χ3v) is 4.32. The highest BCUT2D eigenvalue weighted by atomic mass is 16.5. The Bertz CT molecular complexity index is 933.